The lowest BCUT2D eigenvalue weighted by Gasteiger charge is -2.43. The summed E-state index contributed by atoms with van der Waals surface area (Å²) in [7, 11) is 0. The molecule has 0 spiro atoms. The molecular weight excluding hydrogens is 216 g/mol. The summed E-state index contributed by atoms with van der Waals surface area (Å²) in [5.74, 6) is -0.667. The maximum absolute atomic E-state index is 10.7. The molecule has 2 rings (SSSR count). The Morgan fingerprint density at radius 3 is 2.76 bits per heavy atom. The molecule has 0 aromatic heterocycles. The second kappa shape index (κ2) is 6.36. The van der Waals surface area contributed by atoms with E-state index in [4.69, 9.17) is 5.11 Å². The molecule has 0 aromatic carbocycles. The van der Waals surface area contributed by atoms with Crippen LogP contribution in [0.25, 0.3) is 0 Å². The molecule has 0 aromatic rings. The third-order valence-electron chi connectivity index (χ3n) is 4.13. The van der Waals surface area contributed by atoms with Crippen molar-refractivity contribution in [2.75, 3.05) is 19.6 Å². The van der Waals surface area contributed by atoms with Gasteiger partial charge in [0.25, 0.3) is 0 Å². The lowest BCUT2D eigenvalue weighted by molar-refractivity contribution is -0.137. The standard InChI is InChI=1S/C13H24N2O2/c16-13(17)7-6-12-10-14-8-9-15(12)11-4-2-1-3-5-11/h11-12,14H,1-10H2,(H,16,17). The zero-order valence-corrected chi connectivity index (χ0v) is 10.5. The van der Waals surface area contributed by atoms with E-state index in [2.05, 4.69) is 10.2 Å². The van der Waals surface area contributed by atoms with Gasteiger partial charge >= 0.3 is 5.97 Å². The highest BCUT2D eigenvalue weighted by Gasteiger charge is 2.29. The van der Waals surface area contributed by atoms with E-state index >= 15 is 0 Å². The summed E-state index contributed by atoms with van der Waals surface area (Å²) in [6, 6.07) is 1.15. The van der Waals surface area contributed by atoms with E-state index in [9.17, 15) is 4.79 Å². The number of piperazine rings is 1. The van der Waals surface area contributed by atoms with Crippen LogP contribution >= 0.6 is 0 Å². The van der Waals surface area contributed by atoms with E-state index in [1.807, 2.05) is 0 Å². The van der Waals surface area contributed by atoms with Gasteiger partial charge in [-0.3, -0.25) is 9.69 Å². The molecule has 4 heteroatoms. The van der Waals surface area contributed by atoms with E-state index in [0.29, 0.717) is 18.5 Å². The van der Waals surface area contributed by atoms with Crippen molar-refractivity contribution < 1.29 is 9.90 Å². The van der Waals surface area contributed by atoms with E-state index in [1.54, 1.807) is 0 Å². The molecule has 1 unspecified atom stereocenters. The molecule has 1 aliphatic heterocycles. The zero-order valence-electron chi connectivity index (χ0n) is 10.5. The van der Waals surface area contributed by atoms with Crippen LogP contribution in [0.4, 0.5) is 0 Å². The van der Waals surface area contributed by atoms with Crippen LogP contribution in [0.3, 0.4) is 0 Å². The first-order chi connectivity index (χ1) is 8.27. The summed E-state index contributed by atoms with van der Waals surface area (Å²) in [4.78, 5) is 13.3. The third-order valence-corrected chi connectivity index (χ3v) is 4.13. The van der Waals surface area contributed by atoms with Gasteiger partial charge in [-0.15, -0.1) is 0 Å². The van der Waals surface area contributed by atoms with Crippen molar-refractivity contribution in [1.29, 1.82) is 0 Å². The second-order valence-electron chi connectivity index (χ2n) is 5.32. The molecule has 1 aliphatic carbocycles. The van der Waals surface area contributed by atoms with Gasteiger partial charge < -0.3 is 10.4 Å². The molecule has 17 heavy (non-hydrogen) atoms. The van der Waals surface area contributed by atoms with Crippen LogP contribution in [0.5, 0.6) is 0 Å². The van der Waals surface area contributed by atoms with E-state index < -0.39 is 5.97 Å². The summed E-state index contributed by atoms with van der Waals surface area (Å²) in [6.45, 7) is 3.11. The molecule has 1 saturated carbocycles. The van der Waals surface area contributed by atoms with Crippen LogP contribution in [-0.4, -0.2) is 47.7 Å². The van der Waals surface area contributed by atoms with Gasteiger partial charge in [0.05, 0.1) is 0 Å². The van der Waals surface area contributed by atoms with Crippen LogP contribution in [0.15, 0.2) is 0 Å². The number of nitrogens with one attached hydrogen (secondary N) is 1. The van der Waals surface area contributed by atoms with Gasteiger partial charge in [0, 0.05) is 38.1 Å². The van der Waals surface area contributed by atoms with Crippen molar-refractivity contribution in [1.82, 2.24) is 10.2 Å². The lowest BCUT2D eigenvalue weighted by atomic mass is 9.92. The Morgan fingerprint density at radius 2 is 2.06 bits per heavy atom. The fourth-order valence-corrected chi connectivity index (χ4v) is 3.23. The second-order valence-corrected chi connectivity index (χ2v) is 5.32. The van der Waals surface area contributed by atoms with Crippen LogP contribution in [0.2, 0.25) is 0 Å². The number of carbonyl (C=O) groups is 1. The average Bonchev–Trinajstić information content (AvgIpc) is 2.38. The monoisotopic (exact) mass is 240 g/mol. The van der Waals surface area contributed by atoms with Gasteiger partial charge in [-0.25, -0.2) is 0 Å². The molecule has 2 N–H and O–H groups in total. The summed E-state index contributed by atoms with van der Waals surface area (Å²) in [5.41, 5.74) is 0. The van der Waals surface area contributed by atoms with E-state index in [1.165, 1.54) is 32.1 Å². The van der Waals surface area contributed by atoms with Crippen molar-refractivity contribution in [2.24, 2.45) is 0 Å². The molecule has 0 bridgehead atoms. The van der Waals surface area contributed by atoms with Gasteiger partial charge in [0.1, 0.15) is 0 Å². The Balaban J connectivity index is 1.88. The number of carboxylic acids is 1. The molecule has 1 atom stereocenters. The number of hydrogen-bond acceptors (Lipinski definition) is 3. The van der Waals surface area contributed by atoms with Crippen molar-refractivity contribution in [3.63, 3.8) is 0 Å². The highest BCUT2D eigenvalue weighted by atomic mass is 16.4. The minimum absolute atomic E-state index is 0.301. The number of nitrogens with zero attached hydrogens (tertiary/aromatic N) is 1. The molecule has 4 nitrogen and oxygen atoms in total. The Bertz CT molecular complexity index is 252. The van der Waals surface area contributed by atoms with Crippen molar-refractivity contribution in [2.45, 2.75) is 57.0 Å². The molecule has 0 amide bonds. The van der Waals surface area contributed by atoms with Gasteiger partial charge in [0.2, 0.25) is 0 Å². The summed E-state index contributed by atoms with van der Waals surface area (Å²) in [5, 5.41) is 12.2. The maximum atomic E-state index is 10.7. The number of rotatable bonds is 4. The predicted octanol–water partition coefficient (Wildman–Crippen LogP) is 1.46. The van der Waals surface area contributed by atoms with E-state index in [-0.39, 0.29) is 0 Å². The largest absolute Gasteiger partial charge is 0.481 e. The lowest BCUT2D eigenvalue weighted by Crippen LogP contribution is -2.55. The number of carboxylic acid groups (broad SMARTS) is 1. The Morgan fingerprint density at radius 1 is 1.29 bits per heavy atom. The SMILES string of the molecule is O=C(O)CCC1CNCCN1C1CCCCC1. The molecular formula is C13H24N2O2. The first-order valence-corrected chi connectivity index (χ1v) is 6.95. The molecule has 1 saturated heterocycles. The Kier molecular flexibility index (Phi) is 4.80. The van der Waals surface area contributed by atoms with Crippen LogP contribution in [0.1, 0.15) is 44.9 Å². The first-order valence-electron chi connectivity index (χ1n) is 6.95. The van der Waals surface area contributed by atoms with Gasteiger partial charge in [-0.2, -0.15) is 0 Å². The molecule has 2 fully saturated rings. The molecule has 0 radical (unpaired) electrons. The van der Waals surface area contributed by atoms with Crippen LogP contribution in [-0.2, 0) is 4.79 Å². The number of hydrogen-bond donors (Lipinski definition) is 2. The average molecular weight is 240 g/mol. The molecule has 1 heterocycles. The highest BCUT2D eigenvalue weighted by Crippen LogP contribution is 2.25. The quantitative estimate of drug-likeness (QED) is 0.781. The summed E-state index contributed by atoms with van der Waals surface area (Å²) >= 11 is 0. The summed E-state index contributed by atoms with van der Waals surface area (Å²) < 4.78 is 0. The van der Waals surface area contributed by atoms with Crippen molar-refractivity contribution in [3.8, 4) is 0 Å². The van der Waals surface area contributed by atoms with E-state index in [0.717, 1.165) is 26.1 Å². The first kappa shape index (κ1) is 12.8. The number of aliphatic carboxylic acids is 1. The minimum Gasteiger partial charge on any atom is -0.481 e. The molecule has 2 aliphatic rings. The van der Waals surface area contributed by atoms with Gasteiger partial charge in [-0.05, 0) is 19.3 Å². The Labute approximate surface area is 103 Å². The third kappa shape index (κ3) is 3.68. The normalized spacial score (nSPS) is 28.1. The van der Waals surface area contributed by atoms with Gasteiger partial charge in [0.15, 0.2) is 0 Å². The minimum atomic E-state index is -0.667. The van der Waals surface area contributed by atoms with Crippen LogP contribution in [0, 0.1) is 0 Å². The highest BCUT2D eigenvalue weighted by molar-refractivity contribution is 5.66. The fraction of sp³-hybridized carbons (Fsp3) is 0.923. The van der Waals surface area contributed by atoms with Crippen LogP contribution < -0.4 is 5.32 Å². The predicted molar refractivity (Wildman–Crippen MR) is 67.1 cm³/mol. The zero-order chi connectivity index (χ0) is 12.1. The smallest absolute Gasteiger partial charge is 0.303 e. The fourth-order valence-electron chi connectivity index (χ4n) is 3.23. The topological polar surface area (TPSA) is 52.6 Å². The maximum Gasteiger partial charge on any atom is 0.303 e. The summed E-state index contributed by atoms with van der Waals surface area (Å²) in [6.07, 6.45) is 7.78. The van der Waals surface area contributed by atoms with Crippen molar-refractivity contribution >= 4 is 5.97 Å². The van der Waals surface area contributed by atoms with Gasteiger partial charge in [-0.1, -0.05) is 19.3 Å². The molecule has 98 valence electrons. The van der Waals surface area contributed by atoms with Crippen molar-refractivity contribution in [3.05, 3.63) is 0 Å². The Hall–Kier alpha value is -0.610.